The van der Waals surface area contributed by atoms with Crippen molar-refractivity contribution in [2.45, 2.75) is 18.9 Å². The Morgan fingerprint density at radius 1 is 1.39 bits per heavy atom. The van der Waals surface area contributed by atoms with Crippen LogP contribution in [0.4, 0.5) is 14.9 Å². The minimum atomic E-state index is -0.555. The van der Waals surface area contributed by atoms with Crippen LogP contribution in [0.2, 0.25) is 5.02 Å². The van der Waals surface area contributed by atoms with E-state index in [0.717, 1.165) is 12.8 Å². The van der Waals surface area contributed by atoms with Crippen molar-refractivity contribution < 1.29 is 13.9 Å². The Balaban J connectivity index is 1.88. The molecule has 1 aliphatic rings. The van der Waals surface area contributed by atoms with Crippen molar-refractivity contribution in [3.63, 3.8) is 0 Å². The summed E-state index contributed by atoms with van der Waals surface area (Å²) in [5, 5.41) is 5.42. The number of nitrogens with one attached hydrogen (secondary N) is 2. The third-order valence-corrected chi connectivity index (χ3v) is 3.04. The van der Waals surface area contributed by atoms with Gasteiger partial charge in [-0.25, -0.2) is 9.18 Å². The van der Waals surface area contributed by atoms with E-state index >= 15 is 0 Å². The largest absolute Gasteiger partial charge is 0.381 e. The van der Waals surface area contributed by atoms with Crippen LogP contribution in [0.5, 0.6) is 0 Å². The van der Waals surface area contributed by atoms with Crippen LogP contribution in [0.25, 0.3) is 0 Å². The van der Waals surface area contributed by atoms with Crippen molar-refractivity contribution in [2.24, 2.45) is 0 Å². The number of amides is 2. The van der Waals surface area contributed by atoms with E-state index in [1.54, 1.807) is 6.07 Å². The number of rotatable bonds is 2. The van der Waals surface area contributed by atoms with Gasteiger partial charge < -0.3 is 15.4 Å². The molecule has 1 aromatic carbocycles. The Labute approximate surface area is 109 Å². The first-order valence-electron chi connectivity index (χ1n) is 5.75. The van der Waals surface area contributed by atoms with E-state index in [1.807, 2.05) is 0 Å². The highest BCUT2D eigenvalue weighted by molar-refractivity contribution is 6.30. The molecule has 1 aliphatic heterocycles. The van der Waals surface area contributed by atoms with E-state index in [-0.39, 0.29) is 17.1 Å². The average molecular weight is 273 g/mol. The smallest absolute Gasteiger partial charge is 0.319 e. The monoisotopic (exact) mass is 272 g/mol. The van der Waals surface area contributed by atoms with Gasteiger partial charge in [0.1, 0.15) is 5.82 Å². The number of hydrogen-bond acceptors (Lipinski definition) is 2. The van der Waals surface area contributed by atoms with Gasteiger partial charge in [0.15, 0.2) is 0 Å². The number of ether oxygens (including phenoxy) is 1. The normalized spacial score (nSPS) is 16.3. The van der Waals surface area contributed by atoms with Crippen molar-refractivity contribution in [3.05, 3.63) is 29.0 Å². The van der Waals surface area contributed by atoms with Crippen molar-refractivity contribution in [1.29, 1.82) is 0 Å². The molecule has 1 saturated heterocycles. The second-order valence-electron chi connectivity index (χ2n) is 4.11. The lowest BCUT2D eigenvalue weighted by Crippen LogP contribution is -2.41. The maximum atomic E-state index is 13.2. The number of carbonyl (C=O) groups excluding carboxylic acids is 1. The summed E-state index contributed by atoms with van der Waals surface area (Å²) in [6.07, 6.45) is 1.59. The fourth-order valence-corrected chi connectivity index (χ4v) is 1.89. The molecular formula is C12H14ClFN2O2. The lowest BCUT2D eigenvalue weighted by Gasteiger charge is -2.23. The van der Waals surface area contributed by atoms with Gasteiger partial charge in [0.05, 0.1) is 5.02 Å². The Kier molecular flexibility index (Phi) is 4.38. The molecule has 2 N–H and O–H groups in total. The molecule has 98 valence electrons. The van der Waals surface area contributed by atoms with Gasteiger partial charge in [-0.15, -0.1) is 0 Å². The minimum Gasteiger partial charge on any atom is -0.381 e. The van der Waals surface area contributed by atoms with E-state index in [0.29, 0.717) is 18.9 Å². The van der Waals surface area contributed by atoms with E-state index in [4.69, 9.17) is 16.3 Å². The average Bonchev–Trinajstić information content (AvgIpc) is 2.35. The van der Waals surface area contributed by atoms with Crippen LogP contribution in [0.3, 0.4) is 0 Å². The Morgan fingerprint density at radius 3 is 2.78 bits per heavy atom. The van der Waals surface area contributed by atoms with Gasteiger partial charge in [0.2, 0.25) is 0 Å². The third kappa shape index (κ3) is 3.58. The fraction of sp³-hybridized carbons (Fsp3) is 0.417. The molecule has 1 fully saturated rings. The molecule has 0 bridgehead atoms. The zero-order valence-electron chi connectivity index (χ0n) is 9.71. The van der Waals surface area contributed by atoms with Crippen LogP contribution in [-0.4, -0.2) is 25.3 Å². The molecule has 0 aromatic heterocycles. The molecule has 2 amide bonds. The molecule has 6 heteroatoms. The highest BCUT2D eigenvalue weighted by atomic mass is 35.5. The van der Waals surface area contributed by atoms with Crippen molar-refractivity contribution >= 4 is 23.3 Å². The molecule has 2 rings (SSSR count). The van der Waals surface area contributed by atoms with E-state index in [9.17, 15) is 9.18 Å². The van der Waals surface area contributed by atoms with E-state index in [1.165, 1.54) is 12.1 Å². The number of benzene rings is 1. The van der Waals surface area contributed by atoms with Crippen LogP contribution >= 0.6 is 11.6 Å². The molecule has 18 heavy (non-hydrogen) atoms. The summed E-state index contributed by atoms with van der Waals surface area (Å²) in [5.74, 6) is -0.555. The standard InChI is InChI=1S/C12H14ClFN2O2/c13-10-2-1-9(7-11(10)14)16-12(17)15-8-3-5-18-6-4-8/h1-2,7-8H,3-6H2,(H2,15,16,17). The maximum Gasteiger partial charge on any atom is 0.319 e. The molecule has 0 spiro atoms. The number of halogens is 2. The van der Waals surface area contributed by atoms with Crippen LogP contribution in [0, 0.1) is 5.82 Å². The minimum absolute atomic E-state index is 0.0328. The third-order valence-electron chi connectivity index (χ3n) is 2.73. The van der Waals surface area contributed by atoms with Crippen molar-refractivity contribution in [1.82, 2.24) is 5.32 Å². The van der Waals surface area contributed by atoms with Gasteiger partial charge in [-0.3, -0.25) is 0 Å². The van der Waals surface area contributed by atoms with Crippen LogP contribution < -0.4 is 10.6 Å². The van der Waals surface area contributed by atoms with Gasteiger partial charge >= 0.3 is 6.03 Å². The topological polar surface area (TPSA) is 50.4 Å². The lowest BCUT2D eigenvalue weighted by molar-refractivity contribution is 0.0806. The number of anilines is 1. The second-order valence-corrected chi connectivity index (χ2v) is 4.52. The summed E-state index contributed by atoms with van der Waals surface area (Å²) >= 11 is 5.56. The molecule has 0 atom stereocenters. The van der Waals surface area contributed by atoms with Gasteiger partial charge in [0.25, 0.3) is 0 Å². The van der Waals surface area contributed by atoms with E-state index < -0.39 is 5.82 Å². The Hall–Kier alpha value is -1.33. The summed E-state index contributed by atoms with van der Waals surface area (Å²) in [4.78, 5) is 11.7. The maximum absolute atomic E-state index is 13.2. The molecule has 4 nitrogen and oxygen atoms in total. The molecular weight excluding hydrogens is 259 g/mol. The zero-order valence-corrected chi connectivity index (χ0v) is 10.5. The fourth-order valence-electron chi connectivity index (χ4n) is 1.77. The number of carbonyl (C=O) groups is 1. The summed E-state index contributed by atoms with van der Waals surface area (Å²) in [6, 6.07) is 3.90. The predicted molar refractivity (Wildman–Crippen MR) is 67.4 cm³/mol. The predicted octanol–water partition coefficient (Wildman–Crippen LogP) is 2.78. The number of hydrogen-bond donors (Lipinski definition) is 2. The molecule has 0 saturated carbocycles. The van der Waals surface area contributed by atoms with Crippen LogP contribution in [0.15, 0.2) is 18.2 Å². The summed E-state index contributed by atoms with van der Waals surface area (Å²) in [5.41, 5.74) is 0.376. The van der Waals surface area contributed by atoms with E-state index in [2.05, 4.69) is 10.6 Å². The molecule has 1 heterocycles. The quantitative estimate of drug-likeness (QED) is 0.870. The lowest BCUT2D eigenvalue weighted by atomic mass is 10.1. The summed E-state index contributed by atoms with van der Waals surface area (Å²) < 4.78 is 18.4. The second kappa shape index (κ2) is 6.02. The highest BCUT2D eigenvalue weighted by Crippen LogP contribution is 2.18. The van der Waals surface area contributed by atoms with Crippen molar-refractivity contribution in [2.75, 3.05) is 18.5 Å². The summed E-state index contributed by atoms with van der Waals surface area (Å²) in [6.45, 7) is 1.31. The highest BCUT2D eigenvalue weighted by Gasteiger charge is 2.16. The Bertz CT molecular complexity index is 436. The molecule has 0 radical (unpaired) electrons. The Morgan fingerprint density at radius 2 is 2.11 bits per heavy atom. The number of urea groups is 1. The van der Waals surface area contributed by atoms with Crippen molar-refractivity contribution in [3.8, 4) is 0 Å². The van der Waals surface area contributed by atoms with Gasteiger partial charge in [-0.1, -0.05) is 11.6 Å². The van der Waals surface area contributed by atoms with Gasteiger partial charge in [-0.05, 0) is 31.0 Å². The first-order chi connectivity index (χ1) is 8.65. The zero-order chi connectivity index (χ0) is 13.0. The first-order valence-corrected chi connectivity index (χ1v) is 6.13. The first kappa shape index (κ1) is 13.1. The molecule has 0 unspecified atom stereocenters. The molecule has 0 aliphatic carbocycles. The SMILES string of the molecule is O=C(Nc1ccc(Cl)c(F)c1)NC1CCOCC1. The summed E-state index contributed by atoms with van der Waals surface area (Å²) in [7, 11) is 0. The van der Waals surface area contributed by atoms with Crippen LogP contribution in [-0.2, 0) is 4.74 Å². The van der Waals surface area contributed by atoms with Gasteiger partial charge in [0, 0.05) is 24.9 Å². The molecule has 1 aromatic rings. The van der Waals surface area contributed by atoms with Gasteiger partial charge in [-0.2, -0.15) is 0 Å². The van der Waals surface area contributed by atoms with Crippen LogP contribution in [0.1, 0.15) is 12.8 Å².